The average Bonchev–Trinajstić information content (AvgIpc) is 2.96. The lowest BCUT2D eigenvalue weighted by Crippen LogP contribution is -2.33. The van der Waals surface area contributed by atoms with Gasteiger partial charge in [0.25, 0.3) is 0 Å². The van der Waals surface area contributed by atoms with E-state index in [0.29, 0.717) is 23.1 Å². The van der Waals surface area contributed by atoms with Gasteiger partial charge in [0, 0.05) is 18.7 Å². The fourth-order valence-electron chi connectivity index (χ4n) is 2.74. The summed E-state index contributed by atoms with van der Waals surface area (Å²) in [6, 6.07) is 14.8. The third-order valence-electron chi connectivity index (χ3n) is 4.15. The molecular formula is C19H20N4O4S2. The van der Waals surface area contributed by atoms with Crippen LogP contribution in [0.15, 0.2) is 64.5 Å². The van der Waals surface area contributed by atoms with E-state index >= 15 is 0 Å². The topological polar surface area (TPSA) is 122 Å². The molecule has 1 aliphatic heterocycles. The molecule has 3 N–H and O–H groups in total. The number of anilines is 1. The molecule has 2 aromatic carbocycles. The quantitative estimate of drug-likeness (QED) is 0.725. The van der Waals surface area contributed by atoms with E-state index in [9.17, 15) is 18.0 Å². The summed E-state index contributed by atoms with van der Waals surface area (Å²) >= 11 is 1.22. The van der Waals surface area contributed by atoms with Gasteiger partial charge in [0.1, 0.15) is 5.25 Å². The number of nitrogens with one attached hydrogen (secondary N) is 1. The van der Waals surface area contributed by atoms with Crippen molar-refractivity contribution in [3.05, 3.63) is 54.6 Å². The first kappa shape index (κ1) is 21.0. The van der Waals surface area contributed by atoms with Crippen LogP contribution in [0.5, 0.6) is 0 Å². The smallest absolute Gasteiger partial charge is 0.242 e. The van der Waals surface area contributed by atoms with E-state index in [1.807, 2.05) is 25.1 Å². The predicted octanol–water partition coefficient (Wildman–Crippen LogP) is 2.31. The van der Waals surface area contributed by atoms with E-state index in [1.165, 1.54) is 40.9 Å². The number of sulfonamides is 1. The molecule has 0 bridgehead atoms. The largest absolute Gasteiger partial charge is 0.326 e. The first-order chi connectivity index (χ1) is 13.8. The van der Waals surface area contributed by atoms with Crippen molar-refractivity contribution in [1.82, 2.24) is 4.90 Å². The maximum absolute atomic E-state index is 12.7. The van der Waals surface area contributed by atoms with Crippen LogP contribution in [0.25, 0.3) is 0 Å². The highest BCUT2D eigenvalue weighted by molar-refractivity contribution is 8.15. The van der Waals surface area contributed by atoms with Crippen LogP contribution in [0.1, 0.15) is 13.3 Å². The van der Waals surface area contributed by atoms with Crippen molar-refractivity contribution >= 4 is 50.1 Å². The Hall–Kier alpha value is -2.69. The van der Waals surface area contributed by atoms with Gasteiger partial charge in [0.15, 0.2) is 5.17 Å². The number of para-hydroxylation sites is 1. The lowest BCUT2D eigenvalue weighted by atomic mass is 10.2. The number of carbonyl (C=O) groups excluding carboxylic acids is 2. The lowest BCUT2D eigenvalue weighted by Gasteiger charge is -2.13. The monoisotopic (exact) mass is 432 g/mol. The van der Waals surface area contributed by atoms with Crippen LogP contribution in [0.2, 0.25) is 0 Å². The highest BCUT2D eigenvalue weighted by Crippen LogP contribution is 2.31. The normalized spacial score (nSPS) is 18.3. The van der Waals surface area contributed by atoms with Crippen molar-refractivity contribution in [2.45, 2.75) is 23.5 Å². The second-order valence-corrected chi connectivity index (χ2v) is 8.97. The molecule has 1 heterocycles. The summed E-state index contributed by atoms with van der Waals surface area (Å²) in [4.78, 5) is 30.9. The van der Waals surface area contributed by atoms with Gasteiger partial charge in [-0.2, -0.15) is 0 Å². The highest BCUT2D eigenvalue weighted by atomic mass is 32.2. The Balaban J connectivity index is 1.73. The molecule has 0 unspecified atom stereocenters. The van der Waals surface area contributed by atoms with Crippen LogP contribution in [0.4, 0.5) is 11.4 Å². The van der Waals surface area contributed by atoms with E-state index < -0.39 is 15.3 Å². The predicted molar refractivity (Wildman–Crippen MR) is 113 cm³/mol. The second kappa shape index (κ2) is 8.76. The number of primary sulfonamides is 1. The van der Waals surface area contributed by atoms with Gasteiger partial charge in [-0.1, -0.05) is 30.0 Å². The van der Waals surface area contributed by atoms with E-state index in [0.717, 1.165) is 0 Å². The van der Waals surface area contributed by atoms with E-state index in [-0.39, 0.29) is 23.1 Å². The number of amides is 2. The highest BCUT2D eigenvalue weighted by Gasteiger charge is 2.38. The number of aliphatic imine (C=N–C) groups is 1. The van der Waals surface area contributed by atoms with Crippen molar-refractivity contribution in [2.24, 2.45) is 10.1 Å². The van der Waals surface area contributed by atoms with Gasteiger partial charge >= 0.3 is 0 Å². The molecule has 1 fully saturated rings. The molecule has 8 nitrogen and oxygen atoms in total. The van der Waals surface area contributed by atoms with Crippen LogP contribution < -0.4 is 10.5 Å². The molecular weight excluding hydrogens is 412 g/mol. The first-order valence-corrected chi connectivity index (χ1v) is 11.2. The zero-order chi connectivity index (χ0) is 21.0. The summed E-state index contributed by atoms with van der Waals surface area (Å²) in [5, 5.41) is 7.77. The minimum absolute atomic E-state index is 0.0144. The maximum atomic E-state index is 12.7. The molecule has 0 aliphatic carbocycles. The lowest BCUT2D eigenvalue weighted by molar-refractivity contribution is -0.128. The molecule has 2 amide bonds. The Morgan fingerprint density at radius 3 is 2.41 bits per heavy atom. The Morgan fingerprint density at radius 1 is 1.17 bits per heavy atom. The minimum atomic E-state index is -3.78. The maximum Gasteiger partial charge on any atom is 0.242 e. The molecule has 0 spiro atoms. The van der Waals surface area contributed by atoms with E-state index in [1.54, 1.807) is 12.1 Å². The van der Waals surface area contributed by atoms with Crippen molar-refractivity contribution in [3.63, 3.8) is 0 Å². The number of carbonyl (C=O) groups is 2. The summed E-state index contributed by atoms with van der Waals surface area (Å²) in [5.41, 5.74) is 1.16. The minimum Gasteiger partial charge on any atom is -0.326 e. The fraction of sp³-hybridized carbons (Fsp3) is 0.211. The molecule has 0 aromatic heterocycles. The van der Waals surface area contributed by atoms with Crippen molar-refractivity contribution < 1.29 is 18.0 Å². The molecule has 1 atom stereocenters. The number of benzene rings is 2. The van der Waals surface area contributed by atoms with Crippen LogP contribution in [-0.4, -0.2) is 42.1 Å². The van der Waals surface area contributed by atoms with Crippen molar-refractivity contribution in [3.8, 4) is 0 Å². The van der Waals surface area contributed by atoms with Crippen molar-refractivity contribution in [1.29, 1.82) is 0 Å². The summed E-state index contributed by atoms with van der Waals surface area (Å²) in [7, 11) is -3.78. The Bertz CT molecular complexity index is 1040. The molecule has 1 aliphatic rings. The summed E-state index contributed by atoms with van der Waals surface area (Å²) in [6.45, 7) is 2.24. The van der Waals surface area contributed by atoms with Crippen LogP contribution in [0, 0.1) is 0 Å². The standard InChI is InChI=1S/C19H20N4O4S2/c1-2-23-18(25)16(12-17(24)21-13-6-4-3-5-7-13)28-19(23)22-14-8-10-15(11-9-14)29(20,26)27/h3-11,16H,2,12H2,1H3,(H,21,24)(H2,20,26,27)/t16-/m1/s1. The number of rotatable bonds is 6. The third kappa shape index (κ3) is 5.22. The van der Waals surface area contributed by atoms with Crippen molar-refractivity contribution in [2.75, 3.05) is 11.9 Å². The Labute approximate surface area is 173 Å². The van der Waals surface area contributed by atoms with Crippen LogP contribution in [0.3, 0.4) is 0 Å². The Morgan fingerprint density at radius 2 is 1.83 bits per heavy atom. The van der Waals surface area contributed by atoms with Gasteiger partial charge in [-0.25, -0.2) is 18.5 Å². The number of hydrogen-bond donors (Lipinski definition) is 2. The number of amidine groups is 1. The van der Waals surface area contributed by atoms with Crippen LogP contribution in [-0.2, 0) is 19.6 Å². The Kier molecular flexibility index (Phi) is 6.36. The average molecular weight is 433 g/mol. The molecule has 152 valence electrons. The summed E-state index contributed by atoms with van der Waals surface area (Å²) in [6.07, 6.45) is 0.0261. The van der Waals surface area contributed by atoms with Crippen LogP contribution >= 0.6 is 11.8 Å². The van der Waals surface area contributed by atoms with Gasteiger partial charge in [0.05, 0.1) is 10.6 Å². The van der Waals surface area contributed by atoms with Gasteiger partial charge in [0.2, 0.25) is 21.8 Å². The number of hydrogen-bond acceptors (Lipinski definition) is 6. The zero-order valence-electron chi connectivity index (χ0n) is 15.6. The number of thioether (sulfide) groups is 1. The van der Waals surface area contributed by atoms with Gasteiger partial charge in [-0.05, 0) is 43.3 Å². The zero-order valence-corrected chi connectivity index (χ0v) is 17.2. The molecule has 3 rings (SSSR count). The molecule has 2 aromatic rings. The summed E-state index contributed by atoms with van der Waals surface area (Å²) < 4.78 is 22.7. The molecule has 1 saturated heterocycles. The fourth-order valence-corrected chi connectivity index (χ4v) is 4.48. The number of nitrogens with zero attached hydrogens (tertiary/aromatic N) is 2. The summed E-state index contributed by atoms with van der Waals surface area (Å²) in [5.74, 6) is -0.433. The number of nitrogens with two attached hydrogens (primary N) is 1. The van der Waals surface area contributed by atoms with Gasteiger partial charge in [-0.3, -0.25) is 14.5 Å². The third-order valence-corrected chi connectivity index (χ3v) is 6.26. The molecule has 10 heteroatoms. The van der Waals surface area contributed by atoms with E-state index in [4.69, 9.17) is 5.14 Å². The SMILES string of the molecule is CCN1C(=O)[C@@H](CC(=O)Nc2ccccc2)SC1=Nc1ccc(S(N)(=O)=O)cc1. The molecule has 0 radical (unpaired) electrons. The molecule has 29 heavy (non-hydrogen) atoms. The molecule has 0 saturated carbocycles. The van der Waals surface area contributed by atoms with Gasteiger partial charge < -0.3 is 5.32 Å². The first-order valence-electron chi connectivity index (χ1n) is 8.82. The van der Waals surface area contributed by atoms with Gasteiger partial charge in [-0.15, -0.1) is 0 Å². The van der Waals surface area contributed by atoms with E-state index in [2.05, 4.69) is 10.3 Å². The second-order valence-electron chi connectivity index (χ2n) is 6.24.